The first-order chi connectivity index (χ1) is 9.66. The summed E-state index contributed by atoms with van der Waals surface area (Å²) < 4.78 is 11.7. The van der Waals surface area contributed by atoms with Crippen molar-refractivity contribution in [3.8, 4) is 0 Å². The summed E-state index contributed by atoms with van der Waals surface area (Å²) in [7, 11) is 0. The molecule has 0 atom stereocenters. The van der Waals surface area contributed by atoms with E-state index >= 15 is 0 Å². The average molecular weight is 361 g/mol. The maximum Gasteiger partial charge on any atom is -1.00 e. The summed E-state index contributed by atoms with van der Waals surface area (Å²) in [6, 6.07) is 0. The third-order valence-corrected chi connectivity index (χ3v) is 7.39. The number of carbonyl (C=O) groups is 2. The second kappa shape index (κ2) is 7.95. The minimum absolute atomic E-state index is 0. The molecule has 0 radical (unpaired) electrons. The van der Waals surface area contributed by atoms with Gasteiger partial charge in [-0.25, -0.2) is 0 Å². The predicted octanol–water partition coefficient (Wildman–Crippen LogP) is 0.547. The molecule has 1 rings (SSSR count). The molecule has 4 nitrogen and oxygen atoms in total. The molecule has 0 heterocycles. The normalized spacial score (nSPS) is 15.9. The van der Waals surface area contributed by atoms with Crippen molar-refractivity contribution < 1.29 is 47.3 Å². The average Bonchev–Trinajstić information content (AvgIpc) is 2.58. The van der Waals surface area contributed by atoms with E-state index in [0.29, 0.717) is 0 Å². The van der Waals surface area contributed by atoms with E-state index in [1.54, 1.807) is 0 Å². The number of allylic oxidation sites excluding steroid dienone is 4. The Morgan fingerprint density at radius 3 is 1.68 bits per heavy atom. The van der Waals surface area contributed by atoms with Crippen LogP contribution in [0.1, 0.15) is 34.6 Å². The molecule has 0 aromatic carbocycles. The maximum atomic E-state index is 11.6. The van der Waals surface area contributed by atoms with Crippen LogP contribution in [0.25, 0.3) is 0 Å². The minimum Gasteiger partial charge on any atom is -1.00 e. The Hall–Kier alpha value is -1.10. The first kappa shape index (κ1) is 20.9. The van der Waals surface area contributed by atoms with Crippen molar-refractivity contribution in [1.82, 2.24) is 0 Å². The van der Waals surface area contributed by atoms with Crippen LogP contribution in [0.15, 0.2) is 45.9 Å². The zero-order valence-electron chi connectivity index (χ0n) is 13.6. The molecule has 0 aliphatic heterocycles. The number of carbonyl (C=O) groups excluding carboxylic acids is 2. The van der Waals surface area contributed by atoms with Crippen molar-refractivity contribution >= 4 is 11.9 Å². The molecular weight excluding hydrogens is 339 g/mol. The summed E-state index contributed by atoms with van der Waals surface area (Å²) in [4.78, 5) is 23.2. The van der Waals surface area contributed by atoms with Crippen LogP contribution in [0, 0.1) is 5.41 Å². The Balaban J connectivity index is 0.00000441. The quantitative estimate of drug-likeness (QED) is 0.531. The summed E-state index contributed by atoms with van der Waals surface area (Å²) >= 11 is -3.02. The first-order valence-corrected chi connectivity index (χ1v) is 8.67. The summed E-state index contributed by atoms with van der Waals surface area (Å²) in [6.07, 6.45) is 2.17. The van der Waals surface area contributed by atoms with E-state index in [2.05, 4.69) is 13.2 Å². The third-order valence-electron chi connectivity index (χ3n) is 3.99. The molecule has 0 saturated carbocycles. The molecule has 0 saturated heterocycles. The number of rotatable bonds is 5. The van der Waals surface area contributed by atoms with Crippen molar-refractivity contribution in [3.63, 3.8) is 0 Å². The van der Waals surface area contributed by atoms with Gasteiger partial charge in [0.2, 0.25) is 0 Å². The molecule has 0 amide bonds. The van der Waals surface area contributed by atoms with Crippen LogP contribution >= 0.6 is 0 Å². The van der Waals surface area contributed by atoms with Gasteiger partial charge < -0.3 is 12.4 Å². The van der Waals surface area contributed by atoms with Crippen molar-refractivity contribution in [2.75, 3.05) is 0 Å². The maximum absolute atomic E-state index is 11.6. The Morgan fingerprint density at radius 1 is 1.00 bits per heavy atom. The zero-order valence-corrected chi connectivity index (χ0v) is 15.9. The van der Waals surface area contributed by atoms with Crippen molar-refractivity contribution in [1.29, 1.82) is 0 Å². The smallest absolute Gasteiger partial charge is 1.00 e. The molecule has 0 spiro atoms. The van der Waals surface area contributed by atoms with Crippen molar-refractivity contribution in [3.05, 3.63) is 45.9 Å². The molecule has 0 unspecified atom stereocenters. The van der Waals surface area contributed by atoms with Gasteiger partial charge in [0.1, 0.15) is 0 Å². The van der Waals surface area contributed by atoms with Gasteiger partial charge in [0, 0.05) is 0 Å². The summed E-state index contributed by atoms with van der Waals surface area (Å²) in [5.74, 6) is -1.14. The number of hydrogen-bond acceptors (Lipinski definition) is 4. The first-order valence-electron chi connectivity index (χ1n) is 6.62. The molecule has 120 valence electrons. The summed E-state index contributed by atoms with van der Waals surface area (Å²) in [6.45, 7) is 16.9. The second-order valence-electron chi connectivity index (χ2n) is 5.41. The molecule has 22 heavy (non-hydrogen) atoms. The third kappa shape index (κ3) is 4.00. The topological polar surface area (TPSA) is 52.6 Å². The molecule has 0 aromatic heterocycles. The van der Waals surface area contributed by atoms with Gasteiger partial charge in [0.05, 0.1) is 0 Å². The zero-order chi connectivity index (χ0) is 16.4. The fourth-order valence-corrected chi connectivity index (χ4v) is 5.47. The number of halogens is 1. The Kier molecular flexibility index (Phi) is 7.56. The van der Waals surface area contributed by atoms with Gasteiger partial charge in [-0.15, -0.1) is 0 Å². The van der Waals surface area contributed by atoms with E-state index in [0.717, 1.165) is 27.2 Å². The standard InChI is InChI=1S/C10H15.2C3H4O2.ClH.Ti/c1-7-6-10(4,5)9(3)8(7)2;2*1-2-3(4)5;;/h1-5H3;2*2H,1H2,(H,4,5);1H;/q;;;;+3/p-3. The van der Waals surface area contributed by atoms with Gasteiger partial charge in [-0.05, 0) is 0 Å². The van der Waals surface area contributed by atoms with Crippen LogP contribution in [0.4, 0.5) is 0 Å². The van der Waals surface area contributed by atoms with E-state index in [4.69, 9.17) is 6.64 Å². The second-order valence-corrected chi connectivity index (χ2v) is 7.73. The van der Waals surface area contributed by atoms with E-state index in [1.807, 2.05) is 34.6 Å². The van der Waals surface area contributed by atoms with Crippen LogP contribution in [0.5, 0.6) is 0 Å². The predicted molar refractivity (Wildman–Crippen MR) is 77.4 cm³/mol. The molecular formula is C16H21ClO4Ti. The van der Waals surface area contributed by atoms with Crippen molar-refractivity contribution in [2.24, 2.45) is 5.41 Å². The SMILES string of the molecule is C=CC(=O)[O][Ti+]([O]C(=O)C=C)[C]1=C(C)C(C)=C(C)C1(C)C.[Cl-]. The molecule has 0 fully saturated rings. The fourth-order valence-electron chi connectivity index (χ4n) is 2.39. The molecule has 0 aromatic rings. The number of hydrogen-bond donors (Lipinski definition) is 0. The van der Waals surface area contributed by atoms with E-state index < -0.39 is 30.6 Å². The van der Waals surface area contributed by atoms with E-state index in [-0.39, 0.29) is 17.8 Å². The fraction of sp³-hybridized carbons (Fsp3) is 0.375. The van der Waals surface area contributed by atoms with Gasteiger partial charge in [0.15, 0.2) is 0 Å². The van der Waals surface area contributed by atoms with Gasteiger partial charge >= 0.3 is 133 Å². The summed E-state index contributed by atoms with van der Waals surface area (Å²) in [5, 5.41) is 0. The van der Waals surface area contributed by atoms with Crippen LogP contribution in [-0.4, -0.2) is 11.9 Å². The minimum atomic E-state index is -3.02. The van der Waals surface area contributed by atoms with Crippen molar-refractivity contribution in [2.45, 2.75) is 34.6 Å². The van der Waals surface area contributed by atoms with Crippen LogP contribution in [0.2, 0.25) is 0 Å². The Morgan fingerprint density at radius 2 is 1.41 bits per heavy atom. The molecule has 1 aliphatic rings. The largest absolute Gasteiger partial charge is 1.00 e. The van der Waals surface area contributed by atoms with Gasteiger partial charge in [0.25, 0.3) is 0 Å². The van der Waals surface area contributed by atoms with Crippen LogP contribution < -0.4 is 12.4 Å². The molecule has 6 heteroatoms. The molecule has 0 bridgehead atoms. The van der Waals surface area contributed by atoms with E-state index in [1.165, 1.54) is 5.57 Å². The van der Waals surface area contributed by atoms with Crippen LogP contribution in [0.3, 0.4) is 0 Å². The Bertz CT molecular complexity index is 551. The van der Waals surface area contributed by atoms with Gasteiger partial charge in [-0.3, -0.25) is 0 Å². The van der Waals surface area contributed by atoms with Gasteiger partial charge in [-0.1, -0.05) is 0 Å². The Labute approximate surface area is 145 Å². The van der Waals surface area contributed by atoms with Crippen LogP contribution in [-0.2, 0) is 34.9 Å². The summed E-state index contributed by atoms with van der Waals surface area (Å²) in [5.41, 5.74) is 3.11. The monoisotopic (exact) mass is 360 g/mol. The molecule has 0 N–H and O–H groups in total. The molecule has 1 aliphatic carbocycles. The van der Waals surface area contributed by atoms with Gasteiger partial charge in [-0.2, -0.15) is 0 Å². The van der Waals surface area contributed by atoms with E-state index in [9.17, 15) is 9.59 Å².